The summed E-state index contributed by atoms with van der Waals surface area (Å²) in [5, 5.41) is 11.7. The Kier molecular flexibility index (Phi) is 4.88. The minimum atomic E-state index is -0.515. The van der Waals surface area contributed by atoms with Crippen LogP contribution in [-0.4, -0.2) is 22.6 Å². The molecule has 1 amide bonds. The monoisotopic (exact) mass is 304 g/mol. The lowest BCUT2D eigenvalue weighted by atomic mass is 10.1. The Morgan fingerprint density at radius 3 is 2.86 bits per heavy atom. The number of rotatable bonds is 2. The highest BCUT2D eigenvalue weighted by molar-refractivity contribution is 6.30. The first-order valence-corrected chi connectivity index (χ1v) is 6.30. The Morgan fingerprint density at radius 1 is 1.38 bits per heavy atom. The molecule has 0 radical (unpaired) electrons. The van der Waals surface area contributed by atoms with Crippen molar-refractivity contribution in [3.63, 3.8) is 0 Å². The van der Waals surface area contributed by atoms with Gasteiger partial charge in [-0.05, 0) is 30.3 Å². The standard InChI is InChI=1S/C15H10ClFN2O2/c16-11-3-6-14(18-9-11)19-15(21)13-5-4-12(17)8-10(13)2-1-7-20/h3-6,8-9,20H,7H2,(H,18,19,21). The zero-order valence-corrected chi connectivity index (χ0v) is 11.5. The Morgan fingerprint density at radius 2 is 2.19 bits per heavy atom. The van der Waals surface area contributed by atoms with E-state index in [0.717, 1.165) is 12.1 Å². The van der Waals surface area contributed by atoms with Crippen LogP contribution in [0.3, 0.4) is 0 Å². The van der Waals surface area contributed by atoms with E-state index in [1.54, 1.807) is 12.1 Å². The number of aliphatic hydroxyl groups is 1. The average molecular weight is 305 g/mol. The van der Waals surface area contributed by atoms with Gasteiger partial charge in [0.05, 0.1) is 10.6 Å². The van der Waals surface area contributed by atoms with Crippen LogP contribution < -0.4 is 5.32 Å². The summed E-state index contributed by atoms with van der Waals surface area (Å²) in [6.45, 7) is -0.379. The molecule has 0 bridgehead atoms. The fraction of sp³-hybridized carbons (Fsp3) is 0.0667. The molecule has 0 aliphatic rings. The molecule has 0 atom stereocenters. The van der Waals surface area contributed by atoms with Crippen molar-refractivity contribution in [2.75, 3.05) is 11.9 Å². The van der Waals surface area contributed by atoms with Gasteiger partial charge in [-0.1, -0.05) is 23.4 Å². The third-order valence-electron chi connectivity index (χ3n) is 2.50. The summed E-state index contributed by atoms with van der Waals surface area (Å²) >= 11 is 5.71. The summed E-state index contributed by atoms with van der Waals surface area (Å²) in [5.41, 5.74) is 0.379. The molecule has 2 N–H and O–H groups in total. The Balaban J connectivity index is 2.28. The molecule has 0 saturated heterocycles. The number of hydrogen-bond acceptors (Lipinski definition) is 3. The van der Waals surface area contributed by atoms with E-state index in [9.17, 15) is 9.18 Å². The zero-order valence-electron chi connectivity index (χ0n) is 10.7. The summed E-state index contributed by atoms with van der Waals surface area (Å²) in [4.78, 5) is 16.1. The molecule has 0 fully saturated rings. The number of hydrogen-bond donors (Lipinski definition) is 2. The van der Waals surface area contributed by atoms with Crippen molar-refractivity contribution in [3.8, 4) is 11.8 Å². The maximum absolute atomic E-state index is 13.2. The van der Waals surface area contributed by atoms with Crippen LogP contribution in [0.15, 0.2) is 36.5 Å². The number of benzene rings is 1. The zero-order chi connectivity index (χ0) is 15.2. The first-order valence-electron chi connectivity index (χ1n) is 5.92. The van der Waals surface area contributed by atoms with E-state index in [-0.39, 0.29) is 17.7 Å². The summed E-state index contributed by atoms with van der Waals surface area (Å²) in [7, 11) is 0. The average Bonchev–Trinajstić information content (AvgIpc) is 2.47. The van der Waals surface area contributed by atoms with Crippen LogP contribution in [0.25, 0.3) is 0 Å². The van der Waals surface area contributed by atoms with Crippen molar-refractivity contribution in [1.82, 2.24) is 4.98 Å². The van der Waals surface area contributed by atoms with E-state index >= 15 is 0 Å². The van der Waals surface area contributed by atoms with Gasteiger partial charge in [-0.25, -0.2) is 9.37 Å². The summed E-state index contributed by atoms with van der Waals surface area (Å²) in [6.07, 6.45) is 1.40. The minimum absolute atomic E-state index is 0.189. The lowest BCUT2D eigenvalue weighted by Crippen LogP contribution is -2.14. The molecule has 21 heavy (non-hydrogen) atoms. The predicted octanol–water partition coefficient (Wildman–Crippen LogP) is 2.47. The molecule has 0 unspecified atom stereocenters. The molecule has 2 rings (SSSR count). The van der Waals surface area contributed by atoms with Crippen LogP contribution in [0.2, 0.25) is 5.02 Å². The number of amides is 1. The van der Waals surface area contributed by atoms with Crippen molar-refractivity contribution >= 4 is 23.3 Å². The second kappa shape index (κ2) is 6.84. The molecular formula is C15H10ClFN2O2. The highest BCUT2D eigenvalue weighted by Gasteiger charge is 2.12. The first-order chi connectivity index (χ1) is 10.1. The van der Waals surface area contributed by atoms with Crippen molar-refractivity contribution in [3.05, 3.63) is 58.5 Å². The summed E-state index contributed by atoms with van der Waals surface area (Å²) in [5.74, 6) is 4.24. The Hall–Kier alpha value is -2.42. The molecule has 4 nitrogen and oxygen atoms in total. The normalized spacial score (nSPS) is 9.67. The number of carbonyl (C=O) groups is 1. The number of halogens is 2. The van der Waals surface area contributed by atoms with Gasteiger partial charge < -0.3 is 10.4 Å². The van der Waals surface area contributed by atoms with Crippen LogP contribution in [0.4, 0.5) is 10.2 Å². The molecular weight excluding hydrogens is 295 g/mol. The van der Waals surface area contributed by atoms with Crippen LogP contribution >= 0.6 is 11.6 Å². The van der Waals surface area contributed by atoms with E-state index in [2.05, 4.69) is 22.1 Å². The fourth-order valence-electron chi connectivity index (χ4n) is 1.59. The molecule has 106 valence electrons. The minimum Gasteiger partial charge on any atom is -0.384 e. The third-order valence-corrected chi connectivity index (χ3v) is 2.72. The smallest absolute Gasteiger partial charge is 0.258 e. The molecule has 1 aromatic heterocycles. The van der Waals surface area contributed by atoms with E-state index < -0.39 is 11.7 Å². The highest BCUT2D eigenvalue weighted by atomic mass is 35.5. The van der Waals surface area contributed by atoms with E-state index in [4.69, 9.17) is 16.7 Å². The van der Waals surface area contributed by atoms with Gasteiger partial charge in [0.1, 0.15) is 18.2 Å². The van der Waals surface area contributed by atoms with Crippen molar-refractivity contribution < 1.29 is 14.3 Å². The van der Waals surface area contributed by atoms with Gasteiger partial charge in [-0.15, -0.1) is 0 Å². The molecule has 2 aromatic rings. The highest BCUT2D eigenvalue weighted by Crippen LogP contribution is 2.14. The number of aliphatic hydroxyl groups excluding tert-OH is 1. The Bertz CT molecular complexity index is 721. The Labute approximate surface area is 125 Å². The van der Waals surface area contributed by atoms with E-state index in [0.29, 0.717) is 10.8 Å². The summed E-state index contributed by atoms with van der Waals surface area (Å²) < 4.78 is 13.2. The molecule has 0 spiro atoms. The van der Waals surface area contributed by atoms with Gasteiger partial charge in [0.2, 0.25) is 0 Å². The van der Waals surface area contributed by atoms with Crippen molar-refractivity contribution in [2.24, 2.45) is 0 Å². The number of nitrogens with zero attached hydrogens (tertiary/aromatic N) is 1. The number of pyridine rings is 1. The third kappa shape index (κ3) is 4.02. The lowest BCUT2D eigenvalue weighted by Gasteiger charge is -2.06. The van der Waals surface area contributed by atoms with Gasteiger partial charge in [0.15, 0.2) is 0 Å². The SMILES string of the molecule is O=C(Nc1ccc(Cl)cn1)c1ccc(F)cc1C#CCO. The maximum atomic E-state index is 13.2. The second-order valence-electron chi connectivity index (χ2n) is 3.97. The molecule has 1 aromatic carbocycles. The topological polar surface area (TPSA) is 62.2 Å². The molecule has 0 aliphatic heterocycles. The number of aromatic nitrogens is 1. The van der Waals surface area contributed by atoms with Crippen LogP contribution in [0, 0.1) is 17.7 Å². The summed E-state index contributed by atoms with van der Waals surface area (Å²) in [6, 6.07) is 6.74. The lowest BCUT2D eigenvalue weighted by molar-refractivity contribution is 0.102. The second-order valence-corrected chi connectivity index (χ2v) is 4.40. The van der Waals surface area contributed by atoms with Gasteiger partial charge in [0.25, 0.3) is 5.91 Å². The van der Waals surface area contributed by atoms with E-state index in [1.807, 2.05) is 0 Å². The van der Waals surface area contributed by atoms with Crippen molar-refractivity contribution in [1.29, 1.82) is 0 Å². The van der Waals surface area contributed by atoms with Gasteiger partial charge in [0, 0.05) is 11.8 Å². The molecule has 1 heterocycles. The van der Waals surface area contributed by atoms with Crippen LogP contribution in [0.1, 0.15) is 15.9 Å². The predicted molar refractivity (Wildman–Crippen MR) is 77.6 cm³/mol. The molecule has 0 saturated carbocycles. The van der Waals surface area contributed by atoms with Crippen LogP contribution in [-0.2, 0) is 0 Å². The number of anilines is 1. The van der Waals surface area contributed by atoms with E-state index in [1.165, 1.54) is 12.3 Å². The number of carbonyl (C=O) groups excluding carboxylic acids is 1. The largest absolute Gasteiger partial charge is 0.384 e. The van der Waals surface area contributed by atoms with Crippen LogP contribution in [0.5, 0.6) is 0 Å². The number of nitrogens with one attached hydrogen (secondary N) is 1. The van der Waals surface area contributed by atoms with Gasteiger partial charge in [-0.2, -0.15) is 0 Å². The van der Waals surface area contributed by atoms with Gasteiger partial charge >= 0.3 is 0 Å². The molecule has 6 heteroatoms. The fourth-order valence-corrected chi connectivity index (χ4v) is 1.70. The quantitative estimate of drug-likeness (QED) is 0.838. The molecule has 0 aliphatic carbocycles. The first kappa shape index (κ1) is 15.0. The maximum Gasteiger partial charge on any atom is 0.258 e. The van der Waals surface area contributed by atoms with Crippen molar-refractivity contribution in [2.45, 2.75) is 0 Å². The van der Waals surface area contributed by atoms with Gasteiger partial charge in [-0.3, -0.25) is 4.79 Å².